The van der Waals surface area contributed by atoms with Crippen LogP contribution in [-0.4, -0.2) is 9.97 Å². The first-order chi connectivity index (χ1) is 7.25. The number of thiazole rings is 1. The maximum atomic E-state index is 5.84. The third-order valence-electron chi connectivity index (χ3n) is 1.74. The van der Waals surface area contributed by atoms with Gasteiger partial charge in [-0.25, -0.2) is 9.97 Å². The van der Waals surface area contributed by atoms with E-state index < -0.39 is 0 Å². The number of halogens is 1. The molecular formula is C10H9ClN2OS. The second kappa shape index (κ2) is 4.59. The van der Waals surface area contributed by atoms with Crippen molar-refractivity contribution in [1.82, 2.24) is 9.97 Å². The molecule has 15 heavy (non-hydrogen) atoms. The predicted octanol–water partition coefficient (Wildman–Crippen LogP) is 3.08. The minimum atomic E-state index is 0.380. The first kappa shape index (κ1) is 10.4. The molecule has 0 saturated carbocycles. The highest BCUT2D eigenvalue weighted by Gasteiger charge is 2.03. The Hall–Kier alpha value is -1.13. The molecule has 2 rings (SSSR count). The smallest absolute Gasteiger partial charge is 0.171 e. The van der Waals surface area contributed by atoms with Crippen LogP contribution in [0.2, 0.25) is 5.15 Å². The van der Waals surface area contributed by atoms with E-state index in [4.69, 9.17) is 16.3 Å². The molecule has 0 atom stereocenters. The lowest BCUT2D eigenvalue weighted by atomic mass is 10.5. The highest BCUT2D eigenvalue weighted by molar-refractivity contribution is 7.09. The number of pyridine rings is 1. The zero-order valence-electron chi connectivity index (χ0n) is 8.11. The average molecular weight is 241 g/mol. The standard InChI is InChI=1S/C10H9ClN2OS/c1-7-6-15-9(13-7)5-14-8-3-2-4-12-10(8)11/h2-4,6H,5H2,1H3. The van der Waals surface area contributed by atoms with Crippen molar-refractivity contribution in [1.29, 1.82) is 0 Å². The fourth-order valence-corrected chi connectivity index (χ4v) is 1.94. The molecule has 0 amide bonds. The first-order valence-electron chi connectivity index (χ1n) is 4.40. The molecule has 5 heteroatoms. The number of hydrogen-bond donors (Lipinski definition) is 0. The summed E-state index contributed by atoms with van der Waals surface area (Å²) in [6, 6.07) is 3.57. The van der Waals surface area contributed by atoms with Crippen LogP contribution in [0.25, 0.3) is 0 Å². The van der Waals surface area contributed by atoms with E-state index in [1.807, 2.05) is 12.3 Å². The zero-order chi connectivity index (χ0) is 10.7. The van der Waals surface area contributed by atoms with Gasteiger partial charge in [-0.1, -0.05) is 11.6 Å². The summed E-state index contributed by atoms with van der Waals surface area (Å²) in [7, 11) is 0. The number of aromatic nitrogens is 2. The number of rotatable bonds is 3. The van der Waals surface area contributed by atoms with E-state index in [1.165, 1.54) is 0 Å². The molecule has 2 heterocycles. The summed E-state index contributed by atoms with van der Waals surface area (Å²) in [6.07, 6.45) is 1.63. The van der Waals surface area contributed by atoms with Crippen molar-refractivity contribution < 1.29 is 4.74 Å². The van der Waals surface area contributed by atoms with E-state index in [2.05, 4.69) is 9.97 Å². The van der Waals surface area contributed by atoms with Gasteiger partial charge in [0.1, 0.15) is 11.6 Å². The highest BCUT2D eigenvalue weighted by atomic mass is 35.5. The Morgan fingerprint density at radius 1 is 1.53 bits per heavy atom. The third kappa shape index (κ3) is 2.67. The van der Waals surface area contributed by atoms with E-state index in [-0.39, 0.29) is 0 Å². The Morgan fingerprint density at radius 2 is 2.40 bits per heavy atom. The lowest BCUT2D eigenvalue weighted by molar-refractivity contribution is 0.304. The lowest BCUT2D eigenvalue weighted by Crippen LogP contribution is -1.96. The first-order valence-corrected chi connectivity index (χ1v) is 5.66. The van der Waals surface area contributed by atoms with Gasteiger partial charge < -0.3 is 4.74 Å². The fourth-order valence-electron chi connectivity index (χ4n) is 1.09. The predicted molar refractivity (Wildman–Crippen MR) is 60.4 cm³/mol. The van der Waals surface area contributed by atoms with Crippen molar-refractivity contribution in [2.45, 2.75) is 13.5 Å². The minimum Gasteiger partial charge on any atom is -0.483 e. The average Bonchev–Trinajstić information content (AvgIpc) is 2.63. The van der Waals surface area contributed by atoms with Gasteiger partial charge in [0.15, 0.2) is 10.9 Å². The molecule has 0 unspecified atom stereocenters. The van der Waals surface area contributed by atoms with Crippen LogP contribution in [0.15, 0.2) is 23.7 Å². The van der Waals surface area contributed by atoms with E-state index >= 15 is 0 Å². The van der Waals surface area contributed by atoms with Crippen molar-refractivity contribution in [3.63, 3.8) is 0 Å². The Bertz CT molecular complexity index is 458. The Balaban J connectivity index is 2.02. The summed E-state index contributed by atoms with van der Waals surface area (Å²) >= 11 is 7.42. The van der Waals surface area contributed by atoms with E-state index in [1.54, 1.807) is 29.7 Å². The molecule has 0 aliphatic carbocycles. The van der Waals surface area contributed by atoms with Crippen molar-refractivity contribution in [3.05, 3.63) is 39.6 Å². The molecule has 0 fully saturated rings. The summed E-state index contributed by atoms with van der Waals surface area (Å²) < 4.78 is 5.49. The summed E-state index contributed by atoms with van der Waals surface area (Å²) in [5.41, 5.74) is 1.01. The second-order valence-electron chi connectivity index (χ2n) is 2.96. The number of hydrogen-bond acceptors (Lipinski definition) is 4. The SMILES string of the molecule is Cc1csc(COc2cccnc2Cl)n1. The molecule has 0 aliphatic heterocycles. The van der Waals surface area contributed by atoms with Gasteiger partial charge in [0.25, 0.3) is 0 Å². The van der Waals surface area contributed by atoms with Gasteiger partial charge in [0.2, 0.25) is 0 Å². The summed E-state index contributed by atoms with van der Waals surface area (Å²) in [4.78, 5) is 8.21. The van der Waals surface area contributed by atoms with E-state index in [9.17, 15) is 0 Å². The van der Waals surface area contributed by atoms with Crippen LogP contribution in [0.3, 0.4) is 0 Å². The molecule has 0 N–H and O–H groups in total. The van der Waals surface area contributed by atoms with Crippen LogP contribution < -0.4 is 4.74 Å². The molecule has 3 nitrogen and oxygen atoms in total. The van der Waals surface area contributed by atoms with Gasteiger partial charge in [0.05, 0.1) is 0 Å². The molecule has 2 aromatic heterocycles. The molecule has 78 valence electrons. The normalized spacial score (nSPS) is 10.3. The fraction of sp³-hybridized carbons (Fsp3) is 0.200. The Morgan fingerprint density at radius 3 is 3.07 bits per heavy atom. The monoisotopic (exact) mass is 240 g/mol. The van der Waals surface area contributed by atoms with Crippen LogP contribution >= 0.6 is 22.9 Å². The zero-order valence-corrected chi connectivity index (χ0v) is 9.68. The van der Waals surface area contributed by atoms with Crippen LogP contribution in [0, 0.1) is 6.92 Å². The van der Waals surface area contributed by atoms with Gasteiger partial charge in [-0.05, 0) is 19.1 Å². The van der Waals surface area contributed by atoms with Gasteiger partial charge in [-0.3, -0.25) is 0 Å². The van der Waals surface area contributed by atoms with E-state index in [0.29, 0.717) is 17.5 Å². The van der Waals surface area contributed by atoms with E-state index in [0.717, 1.165) is 10.7 Å². The quantitative estimate of drug-likeness (QED) is 0.774. The summed E-state index contributed by atoms with van der Waals surface area (Å²) in [5.74, 6) is 0.590. The van der Waals surface area contributed by atoms with Gasteiger partial charge in [0, 0.05) is 17.3 Å². The molecular weight excluding hydrogens is 232 g/mol. The maximum Gasteiger partial charge on any atom is 0.171 e. The van der Waals surface area contributed by atoms with Crippen LogP contribution in [0.5, 0.6) is 5.75 Å². The minimum absolute atomic E-state index is 0.380. The summed E-state index contributed by atoms with van der Waals surface area (Å²) in [5, 5.41) is 3.31. The van der Waals surface area contributed by atoms with Crippen LogP contribution in [0.1, 0.15) is 10.7 Å². The van der Waals surface area contributed by atoms with Gasteiger partial charge in [-0.15, -0.1) is 11.3 Å². The molecule has 2 aromatic rings. The highest BCUT2D eigenvalue weighted by Crippen LogP contribution is 2.22. The molecule has 0 spiro atoms. The largest absolute Gasteiger partial charge is 0.483 e. The third-order valence-corrected chi connectivity index (χ3v) is 2.97. The molecule has 0 radical (unpaired) electrons. The lowest BCUT2D eigenvalue weighted by Gasteiger charge is -2.04. The second-order valence-corrected chi connectivity index (χ2v) is 4.26. The van der Waals surface area contributed by atoms with Crippen LogP contribution in [0.4, 0.5) is 0 Å². The molecule has 0 saturated heterocycles. The maximum absolute atomic E-state index is 5.84. The number of ether oxygens (including phenoxy) is 1. The van der Waals surface area contributed by atoms with Crippen molar-refractivity contribution >= 4 is 22.9 Å². The van der Waals surface area contributed by atoms with Crippen molar-refractivity contribution in [3.8, 4) is 5.75 Å². The molecule has 0 aliphatic rings. The number of aryl methyl sites for hydroxylation is 1. The van der Waals surface area contributed by atoms with Crippen molar-refractivity contribution in [2.24, 2.45) is 0 Å². The Kier molecular flexibility index (Phi) is 3.18. The summed E-state index contributed by atoms with van der Waals surface area (Å²) in [6.45, 7) is 2.39. The van der Waals surface area contributed by atoms with Gasteiger partial charge in [-0.2, -0.15) is 0 Å². The molecule has 0 aromatic carbocycles. The van der Waals surface area contributed by atoms with Crippen molar-refractivity contribution in [2.75, 3.05) is 0 Å². The topological polar surface area (TPSA) is 35.0 Å². The van der Waals surface area contributed by atoms with Gasteiger partial charge >= 0.3 is 0 Å². The van der Waals surface area contributed by atoms with Crippen LogP contribution in [-0.2, 0) is 6.61 Å². The molecule has 0 bridgehead atoms. The Labute approximate surface area is 96.7 Å². The number of nitrogens with zero attached hydrogens (tertiary/aromatic N) is 2.